The number of hydrogen-bond acceptors (Lipinski definition) is 8. The first-order valence-corrected chi connectivity index (χ1v) is 12.1. The molecule has 0 aliphatic heterocycles. The van der Waals surface area contributed by atoms with E-state index < -0.39 is 21.0 Å². The number of anilines is 1. The molecule has 7 nitrogen and oxygen atoms in total. The third-order valence-electron chi connectivity index (χ3n) is 4.20. The number of aryl methyl sites for hydroxylation is 1. The third-order valence-corrected chi connectivity index (χ3v) is 8.74. The average molecular weight is 453 g/mol. The van der Waals surface area contributed by atoms with Crippen LogP contribution in [0.1, 0.15) is 46.4 Å². The van der Waals surface area contributed by atoms with Crippen molar-refractivity contribution in [3.05, 3.63) is 40.3 Å². The summed E-state index contributed by atoms with van der Waals surface area (Å²) in [6, 6.07) is 5.94. The number of esters is 1. The number of aromatic nitrogens is 1. The van der Waals surface area contributed by atoms with Crippen LogP contribution >= 0.6 is 22.7 Å². The van der Waals surface area contributed by atoms with E-state index in [1.807, 2.05) is 6.92 Å². The van der Waals surface area contributed by atoms with Gasteiger partial charge in [0.05, 0.1) is 21.5 Å². The van der Waals surface area contributed by atoms with E-state index in [9.17, 15) is 18.0 Å². The van der Waals surface area contributed by atoms with Gasteiger partial charge in [0, 0.05) is 5.56 Å². The molecule has 10 heteroatoms. The van der Waals surface area contributed by atoms with E-state index in [-0.39, 0.29) is 16.4 Å². The topological polar surface area (TPSA) is 102 Å². The van der Waals surface area contributed by atoms with Crippen LogP contribution in [0.4, 0.5) is 5.13 Å². The molecule has 154 valence electrons. The van der Waals surface area contributed by atoms with Crippen LogP contribution in [0.25, 0.3) is 9.53 Å². The smallest absolute Gasteiger partial charge is 0.348 e. The lowest BCUT2D eigenvalue weighted by Crippen LogP contribution is -2.16. The van der Waals surface area contributed by atoms with E-state index in [4.69, 9.17) is 4.74 Å². The maximum absolute atomic E-state index is 12.6. The highest BCUT2D eigenvalue weighted by Gasteiger charge is 2.22. The molecular weight excluding hydrogens is 432 g/mol. The van der Waals surface area contributed by atoms with Crippen LogP contribution in [-0.2, 0) is 14.6 Å². The maximum Gasteiger partial charge on any atom is 0.348 e. The molecule has 0 radical (unpaired) electrons. The summed E-state index contributed by atoms with van der Waals surface area (Å²) in [5.41, 5.74) is 1.00. The maximum atomic E-state index is 12.6. The third kappa shape index (κ3) is 4.19. The van der Waals surface area contributed by atoms with Crippen molar-refractivity contribution < 1.29 is 22.7 Å². The summed E-state index contributed by atoms with van der Waals surface area (Å²) >= 11 is 2.48. The van der Waals surface area contributed by atoms with Crippen molar-refractivity contribution in [3.8, 4) is 0 Å². The largest absolute Gasteiger partial charge is 0.462 e. The van der Waals surface area contributed by atoms with Crippen molar-refractivity contribution in [2.75, 3.05) is 11.9 Å². The first-order chi connectivity index (χ1) is 13.6. The number of rotatable bonds is 6. The number of ether oxygens (including phenoxy) is 1. The molecule has 29 heavy (non-hydrogen) atoms. The van der Waals surface area contributed by atoms with Gasteiger partial charge in [0.15, 0.2) is 15.0 Å². The van der Waals surface area contributed by atoms with Gasteiger partial charge < -0.3 is 4.74 Å². The molecule has 0 spiro atoms. The summed E-state index contributed by atoms with van der Waals surface area (Å²) in [5.74, 6) is -0.829. The highest BCUT2D eigenvalue weighted by atomic mass is 32.2. The molecule has 0 aliphatic rings. The zero-order valence-corrected chi connectivity index (χ0v) is 18.8. The van der Waals surface area contributed by atoms with Crippen LogP contribution in [0.2, 0.25) is 0 Å². The summed E-state index contributed by atoms with van der Waals surface area (Å²) in [6.45, 7) is 7.05. The monoisotopic (exact) mass is 452 g/mol. The molecule has 3 aromatic rings. The molecule has 0 aliphatic carbocycles. The molecule has 2 aromatic heterocycles. The van der Waals surface area contributed by atoms with Gasteiger partial charge in [0.1, 0.15) is 9.71 Å². The van der Waals surface area contributed by atoms with Crippen LogP contribution in [-0.4, -0.2) is 37.1 Å². The minimum atomic E-state index is -3.48. The van der Waals surface area contributed by atoms with E-state index >= 15 is 0 Å². The van der Waals surface area contributed by atoms with Gasteiger partial charge in [-0.2, -0.15) is 0 Å². The lowest BCUT2D eigenvalue weighted by molar-refractivity contribution is 0.0531. The minimum absolute atomic E-state index is 0.107. The van der Waals surface area contributed by atoms with Crippen LogP contribution in [0, 0.1) is 6.92 Å². The highest BCUT2D eigenvalue weighted by molar-refractivity contribution is 7.92. The molecule has 0 saturated carbocycles. The predicted octanol–water partition coefficient (Wildman–Crippen LogP) is 4.28. The normalized spacial score (nSPS) is 11.8. The summed E-state index contributed by atoms with van der Waals surface area (Å²) < 4.78 is 30.5. The first kappa shape index (κ1) is 21.4. The molecular formula is C19H20N2O5S3. The number of carbonyl (C=O) groups excluding carboxylic acids is 2. The van der Waals surface area contributed by atoms with Gasteiger partial charge >= 0.3 is 5.97 Å². The zero-order valence-electron chi connectivity index (χ0n) is 16.3. The number of amides is 1. The molecule has 0 unspecified atom stereocenters. The van der Waals surface area contributed by atoms with Crippen LogP contribution in [0.5, 0.6) is 0 Å². The molecule has 1 N–H and O–H groups in total. The van der Waals surface area contributed by atoms with Crippen LogP contribution < -0.4 is 5.32 Å². The molecule has 0 bridgehead atoms. The Morgan fingerprint density at radius 1 is 1.24 bits per heavy atom. The van der Waals surface area contributed by atoms with Gasteiger partial charge in [-0.1, -0.05) is 17.4 Å². The molecule has 1 amide bonds. The molecule has 0 fully saturated rings. The predicted molar refractivity (Wildman–Crippen MR) is 115 cm³/mol. The van der Waals surface area contributed by atoms with Crippen molar-refractivity contribution >= 4 is 59.0 Å². The second-order valence-corrected chi connectivity index (χ2v) is 11.0. The Balaban J connectivity index is 1.84. The Bertz CT molecular complexity index is 1190. The van der Waals surface area contributed by atoms with E-state index in [1.165, 1.54) is 34.8 Å². The van der Waals surface area contributed by atoms with Gasteiger partial charge in [-0.05, 0) is 51.5 Å². The second kappa shape index (κ2) is 8.21. The Morgan fingerprint density at radius 2 is 1.97 bits per heavy atom. The van der Waals surface area contributed by atoms with Gasteiger partial charge in [-0.25, -0.2) is 18.2 Å². The van der Waals surface area contributed by atoms with E-state index in [1.54, 1.807) is 32.9 Å². The SMILES string of the molecule is CCOC(=O)c1sc2nc(NC(=O)c3cccc(S(=O)(=O)C(C)C)c3)sc2c1C. The molecule has 1 aromatic carbocycles. The van der Waals surface area contributed by atoms with Crippen molar-refractivity contribution in [3.63, 3.8) is 0 Å². The number of hydrogen-bond donors (Lipinski definition) is 1. The average Bonchev–Trinajstić information content (AvgIpc) is 3.20. The second-order valence-electron chi connectivity index (χ2n) is 6.51. The number of benzene rings is 1. The molecule has 0 atom stereocenters. The summed E-state index contributed by atoms with van der Waals surface area (Å²) in [4.78, 5) is 30.2. The number of nitrogens with zero attached hydrogens (tertiary/aromatic N) is 1. The van der Waals surface area contributed by atoms with Crippen molar-refractivity contribution in [1.82, 2.24) is 4.98 Å². The minimum Gasteiger partial charge on any atom is -0.462 e. The van der Waals surface area contributed by atoms with Gasteiger partial charge in [-0.3, -0.25) is 10.1 Å². The van der Waals surface area contributed by atoms with Gasteiger partial charge in [0.25, 0.3) is 5.91 Å². The number of sulfone groups is 1. The quantitative estimate of drug-likeness (QED) is 0.560. The van der Waals surface area contributed by atoms with Crippen molar-refractivity contribution in [2.24, 2.45) is 0 Å². The lowest BCUT2D eigenvalue weighted by atomic mass is 10.2. The summed E-state index contributed by atoms with van der Waals surface area (Å²) in [6.07, 6.45) is 0. The van der Waals surface area contributed by atoms with Crippen molar-refractivity contribution in [2.45, 2.75) is 37.8 Å². The van der Waals surface area contributed by atoms with Crippen LogP contribution in [0.15, 0.2) is 29.2 Å². The Labute approximate surface area is 176 Å². The number of thiophene rings is 1. The molecule has 3 rings (SSSR count). The van der Waals surface area contributed by atoms with E-state index in [2.05, 4.69) is 10.3 Å². The Morgan fingerprint density at radius 3 is 2.59 bits per heavy atom. The van der Waals surface area contributed by atoms with Crippen molar-refractivity contribution in [1.29, 1.82) is 0 Å². The fourth-order valence-corrected chi connectivity index (χ4v) is 5.90. The number of fused-ring (bicyclic) bond motifs is 1. The van der Waals surface area contributed by atoms with Gasteiger partial charge in [0.2, 0.25) is 0 Å². The fourth-order valence-electron chi connectivity index (χ4n) is 2.59. The molecule has 2 heterocycles. The highest BCUT2D eigenvalue weighted by Crippen LogP contribution is 2.37. The summed E-state index contributed by atoms with van der Waals surface area (Å²) in [5, 5.41) is 2.51. The van der Waals surface area contributed by atoms with Gasteiger partial charge in [-0.15, -0.1) is 11.3 Å². The number of carbonyl (C=O) groups is 2. The van der Waals surface area contributed by atoms with Crippen LogP contribution in [0.3, 0.4) is 0 Å². The standard InChI is InChI=1S/C19H20N2O5S3/c1-5-26-18(23)15-11(4)14-17(27-15)21-19(28-14)20-16(22)12-7-6-8-13(9-12)29(24,25)10(2)3/h6-10H,5H2,1-4H3,(H,20,21,22). The first-order valence-electron chi connectivity index (χ1n) is 8.87. The van der Waals surface area contributed by atoms with E-state index in [0.717, 1.165) is 10.3 Å². The number of nitrogens with one attached hydrogen (secondary N) is 1. The Kier molecular flexibility index (Phi) is 6.06. The molecule has 0 saturated heterocycles. The number of thiazole rings is 1. The zero-order chi connectivity index (χ0) is 21.3. The van der Waals surface area contributed by atoms with E-state index in [0.29, 0.717) is 21.4 Å². The lowest BCUT2D eigenvalue weighted by Gasteiger charge is -2.09. The summed E-state index contributed by atoms with van der Waals surface area (Å²) in [7, 11) is -3.48. The fraction of sp³-hybridized carbons (Fsp3) is 0.316. The Hall–Kier alpha value is -2.30.